The van der Waals surface area contributed by atoms with Gasteiger partial charge in [-0.15, -0.1) is 16.4 Å². The summed E-state index contributed by atoms with van der Waals surface area (Å²) in [5.41, 5.74) is 0. The first-order valence-corrected chi connectivity index (χ1v) is 4.38. The van der Waals surface area contributed by atoms with Crippen LogP contribution in [-0.2, 0) is 7.05 Å². The Morgan fingerprint density at radius 2 is 2.25 bits per heavy atom. The number of rotatable bonds is 1. The zero-order valence-corrected chi connectivity index (χ0v) is 7.67. The highest BCUT2D eigenvalue weighted by Gasteiger charge is 2.06. The Balaban J connectivity index is 2.50. The number of thiophene rings is 1. The summed E-state index contributed by atoms with van der Waals surface area (Å²) in [7, 11) is 1.84. The molecule has 0 aliphatic rings. The zero-order valence-electron chi connectivity index (χ0n) is 6.85. The molecule has 0 aliphatic carbocycles. The van der Waals surface area contributed by atoms with Gasteiger partial charge in [-0.1, -0.05) is 0 Å². The molecule has 4 nitrogen and oxygen atoms in total. The van der Waals surface area contributed by atoms with E-state index >= 15 is 0 Å². The molecule has 0 fully saturated rings. The molecule has 2 aromatic heterocycles. The van der Waals surface area contributed by atoms with E-state index in [0.29, 0.717) is 0 Å². The predicted octanol–water partition coefficient (Wildman–Crippen LogP) is 1.25. The van der Waals surface area contributed by atoms with Gasteiger partial charge in [0.05, 0.1) is 4.88 Å². The molecule has 0 aliphatic heterocycles. The minimum Gasteiger partial charge on any atom is -0.228 e. The fraction of sp³-hybridized carbons (Fsp3) is 0.286. The summed E-state index contributed by atoms with van der Waals surface area (Å²) in [4.78, 5) is 2.38. The van der Waals surface area contributed by atoms with Gasteiger partial charge < -0.3 is 0 Å². The molecule has 0 N–H and O–H groups in total. The van der Waals surface area contributed by atoms with Crippen molar-refractivity contribution in [3.63, 3.8) is 0 Å². The summed E-state index contributed by atoms with van der Waals surface area (Å²) in [6, 6.07) is 4.10. The second kappa shape index (κ2) is 2.67. The van der Waals surface area contributed by atoms with Crippen LogP contribution in [0, 0.1) is 6.92 Å². The summed E-state index contributed by atoms with van der Waals surface area (Å²) in [5.74, 6) is 0.827. The molecule has 0 radical (unpaired) electrons. The molecule has 12 heavy (non-hydrogen) atoms. The molecule has 0 unspecified atom stereocenters. The lowest BCUT2D eigenvalue weighted by atomic mass is 10.4. The smallest absolute Gasteiger partial charge is 0.191 e. The van der Waals surface area contributed by atoms with Crippen molar-refractivity contribution in [2.24, 2.45) is 7.05 Å². The lowest BCUT2D eigenvalue weighted by Crippen LogP contribution is -1.92. The predicted molar refractivity (Wildman–Crippen MR) is 46.8 cm³/mol. The summed E-state index contributed by atoms with van der Waals surface area (Å²) >= 11 is 1.70. The van der Waals surface area contributed by atoms with E-state index in [1.165, 1.54) is 4.88 Å². The molecule has 62 valence electrons. The number of nitrogens with zero attached hydrogens (tertiary/aromatic N) is 4. The SMILES string of the molecule is Cc1ccc(-c2nnnn2C)s1. The van der Waals surface area contributed by atoms with Crippen molar-refractivity contribution in [2.45, 2.75) is 6.92 Å². The summed E-state index contributed by atoms with van der Waals surface area (Å²) in [5, 5.41) is 11.3. The second-order valence-electron chi connectivity index (χ2n) is 2.54. The number of hydrogen-bond acceptors (Lipinski definition) is 4. The van der Waals surface area contributed by atoms with E-state index in [4.69, 9.17) is 0 Å². The van der Waals surface area contributed by atoms with Crippen LogP contribution in [-0.4, -0.2) is 20.2 Å². The van der Waals surface area contributed by atoms with Gasteiger partial charge >= 0.3 is 0 Å². The van der Waals surface area contributed by atoms with E-state index in [1.54, 1.807) is 16.0 Å². The monoisotopic (exact) mass is 180 g/mol. The van der Waals surface area contributed by atoms with Crippen LogP contribution in [0.3, 0.4) is 0 Å². The maximum absolute atomic E-state index is 3.91. The maximum Gasteiger partial charge on any atom is 0.191 e. The van der Waals surface area contributed by atoms with Crippen molar-refractivity contribution in [1.29, 1.82) is 0 Å². The molecular weight excluding hydrogens is 172 g/mol. The normalized spacial score (nSPS) is 10.5. The van der Waals surface area contributed by atoms with Crippen molar-refractivity contribution < 1.29 is 0 Å². The van der Waals surface area contributed by atoms with Crippen molar-refractivity contribution in [3.05, 3.63) is 17.0 Å². The maximum atomic E-state index is 3.91. The average Bonchev–Trinajstić information content (AvgIpc) is 2.58. The second-order valence-corrected chi connectivity index (χ2v) is 3.82. The van der Waals surface area contributed by atoms with Gasteiger partial charge in [-0.2, -0.15) is 0 Å². The summed E-state index contributed by atoms with van der Waals surface area (Å²) < 4.78 is 1.67. The number of aryl methyl sites for hydroxylation is 2. The van der Waals surface area contributed by atoms with Crippen LogP contribution in [0.4, 0.5) is 0 Å². The van der Waals surface area contributed by atoms with Gasteiger partial charge in [0.25, 0.3) is 0 Å². The van der Waals surface area contributed by atoms with Gasteiger partial charge in [0, 0.05) is 11.9 Å². The van der Waals surface area contributed by atoms with Crippen LogP contribution in [0.1, 0.15) is 4.88 Å². The van der Waals surface area contributed by atoms with E-state index < -0.39 is 0 Å². The third-order valence-electron chi connectivity index (χ3n) is 1.58. The number of tetrazole rings is 1. The first-order valence-electron chi connectivity index (χ1n) is 3.56. The molecular formula is C7H8N4S. The molecule has 0 atom stereocenters. The lowest BCUT2D eigenvalue weighted by molar-refractivity contribution is 0.715. The molecule has 0 spiro atoms. The van der Waals surface area contributed by atoms with Crippen LogP contribution < -0.4 is 0 Å². The van der Waals surface area contributed by atoms with Gasteiger partial charge in [-0.25, -0.2) is 4.68 Å². The minimum atomic E-state index is 0.827. The van der Waals surface area contributed by atoms with Crippen LogP contribution in [0.2, 0.25) is 0 Å². The zero-order chi connectivity index (χ0) is 8.55. The van der Waals surface area contributed by atoms with E-state index in [9.17, 15) is 0 Å². The van der Waals surface area contributed by atoms with Crippen molar-refractivity contribution in [3.8, 4) is 10.7 Å². The Labute approximate surface area is 73.8 Å². The van der Waals surface area contributed by atoms with Gasteiger partial charge in [0.2, 0.25) is 0 Å². The average molecular weight is 180 g/mol. The Kier molecular flexibility index (Phi) is 1.65. The fourth-order valence-electron chi connectivity index (χ4n) is 0.993. The number of hydrogen-bond donors (Lipinski definition) is 0. The van der Waals surface area contributed by atoms with Crippen LogP contribution in [0.15, 0.2) is 12.1 Å². The van der Waals surface area contributed by atoms with Crippen LogP contribution in [0.25, 0.3) is 10.7 Å². The fourth-order valence-corrected chi connectivity index (χ4v) is 1.88. The van der Waals surface area contributed by atoms with Crippen LogP contribution >= 0.6 is 11.3 Å². The standard InChI is InChI=1S/C7H8N4S/c1-5-3-4-6(12-5)7-8-9-10-11(7)2/h3-4H,1-2H3. The molecule has 0 saturated heterocycles. The Morgan fingerprint density at radius 1 is 1.42 bits per heavy atom. The Hall–Kier alpha value is -1.23. The van der Waals surface area contributed by atoms with Gasteiger partial charge in [0.15, 0.2) is 5.82 Å². The Morgan fingerprint density at radius 3 is 2.75 bits per heavy atom. The van der Waals surface area contributed by atoms with Crippen molar-refractivity contribution in [1.82, 2.24) is 20.2 Å². The molecule has 0 amide bonds. The highest BCUT2D eigenvalue weighted by molar-refractivity contribution is 7.15. The molecule has 2 rings (SSSR count). The quantitative estimate of drug-likeness (QED) is 0.663. The molecule has 5 heteroatoms. The topological polar surface area (TPSA) is 43.6 Å². The first-order chi connectivity index (χ1) is 5.77. The molecule has 2 heterocycles. The van der Waals surface area contributed by atoms with Gasteiger partial charge in [0.1, 0.15) is 0 Å². The van der Waals surface area contributed by atoms with Gasteiger partial charge in [-0.3, -0.25) is 0 Å². The largest absolute Gasteiger partial charge is 0.228 e. The summed E-state index contributed by atoms with van der Waals surface area (Å²) in [6.07, 6.45) is 0. The van der Waals surface area contributed by atoms with Gasteiger partial charge in [-0.05, 0) is 29.5 Å². The van der Waals surface area contributed by atoms with E-state index in [-0.39, 0.29) is 0 Å². The highest BCUT2D eigenvalue weighted by atomic mass is 32.1. The molecule has 0 aromatic carbocycles. The van der Waals surface area contributed by atoms with E-state index in [1.807, 2.05) is 13.1 Å². The lowest BCUT2D eigenvalue weighted by Gasteiger charge is -1.91. The summed E-state index contributed by atoms with van der Waals surface area (Å²) in [6.45, 7) is 2.07. The minimum absolute atomic E-state index is 0.827. The molecule has 0 bridgehead atoms. The molecule has 2 aromatic rings. The molecule has 0 saturated carbocycles. The van der Waals surface area contributed by atoms with E-state index in [0.717, 1.165) is 10.7 Å². The highest BCUT2D eigenvalue weighted by Crippen LogP contribution is 2.24. The van der Waals surface area contributed by atoms with E-state index in [2.05, 4.69) is 28.5 Å². The Bertz CT molecular complexity index is 390. The number of aromatic nitrogens is 4. The van der Waals surface area contributed by atoms with Crippen molar-refractivity contribution in [2.75, 3.05) is 0 Å². The third kappa shape index (κ3) is 1.12. The van der Waals surface area contributed by atoms with Crippen LogP contribution in [0.5, 0.6) is 0 Å². The van der Waals surface area contributed by atoms with Crippen molar-refractivity contribution >= 4 is 11.3 Å². The first kappa shape index (κ1) is 7.42. The third-order valence-corrected chi connectivity index (χ3v) is 2.58.